The van der Waals surface area contributed by atoms with Gasteiger partial charge in [-0.15, -0.1) is 11.3 Å². The first-order chi connectivity index (χ1) is 24.7. The van der Waals surface area contributed by atoms with E-state index in [1.807, 2.05) is 26.0 Å². The van der Waals surface area contributed by atoms with E-state index in [9.17, 15) is 23.9 Å². The summed E-state index contributed by atoms with van der Waals surface area (Å²) in [5.74, 6) is -1.71. The number of thiazole rings is 1. The number of carbonyl (C=O) groups excluding carboxylic acids is 1. The highest BCUT2D eigenvalue weighted by Gasteiger charge is 2.33. The summed E-state index contributed by atoms with van der Waals surface area (Å²) in [7, 11) is 0. The number of carboxylic acids is 1. The van der Waals surface area contributed by atoms with Gasteiger partial charge in [-0.1, -0.05) is 146 Å². The SMILES string of the molecule is CCCCCCCCCCCCCCCCCCN1C(=CC=c2sc(=C3SC(=S)N(CC)C3=O)n(CC(=O)O)c2=O)Sc2cc(F)c(CC)cc21. The lowest BCUT2D eigenvalue weighted by atomic mass is 10.0. The van der Waals surface area contributed by atoms with Crippen LogP contribution in [0.4, 0.5) is 10.1 Å². The largest absolute Gasteiger partial charge is 0.480 e. The van der Waals surface area contributed by atoms with Crippen LogP contribution >= 0.6 is 47.1 Å². The van der Waals surface area contributed by atoms with Gasteiger partial charge >= 0.3 is 5.97 Å². The number of amides is 1. The Morgan fingerprint density at radius 1 is 0.824 bits per heavy atom. The van der Waals surface area contributed by atoms with Gasteiger partial charge in [0, 0.05) is 18.0 Å². The van der Waals surface area contributed by atoms with Crippen LogP contribution in [0.2, 0.25) is 0 Å². The first-order valence-electron chi connectivity index (χ1n) is 18.9. The number of aliphatic carboxylic acids is 1. The highest BCUT2D eigenvalue weighted by atomic mass is 32.2. The maximum Gasteiger partial charge on any atom is 0.323 e. The monoisotopic (exact) mass is 775 g/mol. The number of aryl methyl sites for hydroxylation is 1. The van der Waals surface area contributed by atoms with Gasteiger partial charge in [-0.2, -0.15) is 0 Å². The molecule has 0 saturated carbocycles. The minimum absolute atomic E-state index is 0.217. The van der Waals surface area contributed by atoms with Gasteiger partial charge in [0.15, 0.2) is 0 Å². The van der Waals surface area contributed by atoms with Gasteiger partial charge in [0.25, 0.3) is 11.5 Å². The zero-order chi connectivity index (χ0) is 36.8. The molecule has 1 amide bonds. The third-order valence-electron chi connectivity index (χ3n) is 9.45. The Balaban J connectivity index is 1.40. The number of fused-ring (bicyclic) bond motifs is 1. The number of benzene rings is 1. The summed E-state index contributed by atoms with van der Waals surface area (Å²) in [5, 5.41) is 10.5. The van der Waals surface area contributed by atoms with Crippen LogP contribution in [0.3, 0.4) is 0 Å². The molecule has 0 unspecified atom stereocenters. The highest BCUT2D eigenvalue weighted by Crippen LogP contribution is 2.47. The summed E-state index contributed by atoms with van der Waals surface area (Å²) < 4.78 is 17.0. The van der Waals surface area contributed by atoms with Crippen molar-refractivity contribution >= 4 is 79.9 Å². The molecule has 1 aromatic heterocycles. The van der Waals surface area contributed by atoms with Crippen LogP contribution in [0.1, 0.15) is 129 Å². The third kappa shape index (κ3) is 11.5. The van der Waals surface area contributed by atoms with Crippen molar-refractivity contribution in [3.8, 4) is 0 Å². The molecule has 1 fully saturated rings. The maximum atomic E-state index is 14.8. The first kappa shape index (κ1) is 41.3. The number of hydrogen-bond donors (Lipinski definition) is 1. The molecule has 0 radical (unpaired) electrons. The number of allylic oxidation sites excluding steroid dienone is 1. The zero-order valence-electron chi connectivity index (χ0n) is 30.5. The number of carboxylic acid groups (broad SMARTS) is 1. The summed E-state index contributed by atoms with van der Waals surface area (Å²) in [5.41, 5.74) is 1.18. The fourth-order valence-electron chi connectivity index (χ4n) is 6.54. The van der Waals surface area contributed by atoms with Crippen molar-refractivity contribution < 1.29 is 19.1 Å². The fourth-order valence-corrected chi connectivity index (χ4v) is 10.2. The van der Waals surface area contributed by atoms with E-state index in [4.69, 9.17) is 12.2 Å². The summed E-state index contributed by atoms with van der Waals surface area (Å²) in [6.45, 7) is 6.64. The molecule has 4 rings (SSSR count). The molecule has 1 N–H and O–H groups in total. The van der Waals surface area contributed by atoms with Crippen LogP contribution in [0.15, 0.2) is 32.9 Å². The van der Waals surface area contributed by atoms with Gasteiger partial charge in [-0.25, -0.2) is 4.39 Å². The van der Waals surface area contributed by atoms with E-state index in [0.29, 0.717) is 32.0 Å². The molecule has 12 heteroatoms. The number of aromatic nitrogens is 1. The normalized spacial score (nSPS) is 16.7. The maximum absolute atomic E-state index is 14.8. The molecule has 7 nitrogen and oxygen atoms in total. The van der Waals surface area contributed by atoms with Gasteiger partial charge in [0.1, 0.15) is 26.3 Å². The number of nitrogens with zero attached hydrogens (tertiary/aromatic N) is 3. The molecule has 1 aromatic carbocycles. The Hall–Kier alpha value is -2.41. The second kappa shape index (κ2) is 21.3. The third-order valence-corrected chi connectivity index (χ3v) is 13.3. The Morgan fingerprint density at radius 2 is 1.41 bits per heavy atom. The van der Waals surface area contributed by atoms with Gasteiger partial charge in [-0.05, 0) is 49.6 Å². The molecule has 2 aliphatic heterocycles. The van der Waals surface area contributed by atoms with Gasteiger partial charge in [-0.3, -0.25) is 23.9 Å². The highest BCUT2D eigenvalue weighted by molar-refractivity contribution is 8.30. The van der Waals surface area contributed by atoms with Crippen molar-refractivity contribution in [2.45, 2.75) is 141 Å². The van der Waals surface area contributed by atoms with Crippen molar-refractivity contribution in [1.29, 1.82) is 0 Å². The van der Waals surface area contributed by atoms with Crippen molar-refractivity contribution in [3.63, 3.8) is 0 Å². The average molecular weight is 776 g/mol. The molecule has 3 heterocycles. The molecule has 2 aliphatic rings. The van der Waals surface area contributed by atoms with Crippen LogP contribution < -0.4 is 19.7 Å². The number of anilines is 1. The number of hydrogen-bond acceptors (Lipinski definition) is 8. The van der Waals surface area contributed by atoms with Gasteiger partial charge in [0.05, 0.1) is 15.2 Å². The predicted molar refractivity (Wildman–Crippen MR) is 218 cm³/mol. The second-order valence-corrected chi connectivity index (χ2v) is 17.0. The number of carbonyl (C=O) groups is 2. The molecule has 51 heavy (non-hydrogen) atoms. The lowest BCUT2D eigenvalue weighted by Gasteiger charge is -2.21. The molecule has 280 valence electrons. The Kier molecular flexibility index (Phi) is 17.3. The van der Waals surface area contributed by atoms with E-state index < -0.39 is 18.1 Å². The zero-order valence-corrected chi connectivity index (χ0v) is 33.7. The van der Waals surface area contributed by atoms with Crippen LogP contribution in [0.25, 0.3) is 11.0 Å². The van der Waals surface area contributed by atoms with Crippen molar-refractivity contribution in [2.24, 2.45) is 0 Å². The second-order valence-electron chi connectivity index (χ2n) is 13.3. The Bertz CT molecular complexity index is 1730. The number of thioether (sulfide) groups is 2. The topological polar surface area (TPSA) is 82.8 Å². The number of thiocarbonyl (C=S) groups is 1. The summed E-state index contributed by atoms with van der Waals surface area (Å²) in [4.78, 5) is 43.0. The molecule has 0 bridgehead atoms. The van der Waals surface area contributed by atoms with E-state index >= 15 is 0 Å². The number of rotatable bonds is 22. The molecule has 1 saturated heterocycles. The van der Waals surface area contributed by atoms with E-state index in [2.05, 4.69) is 11.8 Å². The molecular formula is C39H54FN3O4S4. The molecule has 0 atom stereocenters. The number of unbranched alkanes of at least 4 members (excludes halogenated alkanes) is 15. The standard InChI is InChI=1S/C39H54FN3O4S4/c1-4-7-8-9-10-11-12-13-14-15-16-17-18-19-20-21-24-42-30-25-28(5-2)29(40)26-32(30)49-33(42)23-22-31-36(46)43(27-34(44)45)38(50-31)35-37(47)41(6-3)39(48)51-35/h22-23,25-26H,4-21,24,27H2,1-3H3,(H,44,45). The molecule has 2 aromatic rings. The Morgan fingerprint density at radius 3 is 1.94 bits per heavy atom. The molecular weight excluding hydrogens is 722 g/mol. The predicted octanol–water partition coefficient (Wildman–Crippen LogP) is 9.18. The first-order valence-corrected chi connectivity index (χ1v) is 21.7. The minimum Gasteiger partial charge on any atom is -0.480 e. The average Bonchev–Trinajstić information content (AvgIpc) is 3.70. The van der Waals surface area contributed by atoms with Crippen LogP contribution in [-0.2, 0) is 22.6 Å². The fraction of sp³-hybridized carbons (Fsp3) is 0.590. The van der Waals surface area contributed by atoms with Crippen molar-refractivity contribution in [3.05, 3.63) is 54.2 Å². The van der Waals surface area contributed by atoms with E-state index in [1.54, 1.807) is 12.1 Å². The van der Waals surface area contributed by atoms with Crippen LogP contribution in [-0.4, -0.2) is 43.9 Å². The minimum atomic E-state index is -1.17. The van der Waals surface area contributed by atoms with Crippen molar-refractivity contribution in [1.82, 2.24) is 9.47 Å². The lowest BCUT2D eigenvalue weighted by molar-refractivity contribution is -0.137. The van der Waals surface area contributed by atoms with Crippen molar-refractivity contribution in [2.75, 3.05) is 18.0 Å². The van der Waals surface area contributed by atoms with Crippen LogP contribution in [0.5, 0.6) is 0 Å². The number of halogens is 1. The van der Waals surface area contributed by atoms with Gasteiger partial charge in [0.2, 0.25) is 0 Å². The van der Waals surface area contributed by atoms with E-state index in [0.717, 1.165) is 62.7 Å². The molecule has 0 spiro atoms. The van der Waals surface area contributed by atoms with E-state index in [1.165, 1.54) is 107 Å². The molecule has 0 aliphatic carbocycles. The lowest BCUT2D eigenvalue weighted by Crippen LogP contribution is -2.35. The summed E-state index contributed by atoms with van der Waals surface area (Å²) in [6, 6.07) is 3.54. The smallest absolute Gasteiger partial charge is 0.323 e. The quantitative estimate of drug-likeness (QED) is 0.0937. The summed E-state index contributed by atoms with van der Waals surface area (Å²) in [6.07, 6.45) is 25.0. The Labute approximate surface area is 320 Å². The van der Waals surface area contributed by atoms with Gasteiger partial charge < -0.3 is 10.0 Å². The van der Waals surface area contributed by atoms with E-state index in [-0.39, 0.29) is 16.6 Å². The summed E-state index contributed by atoms with van der Waals surface area (Å²) >= 11 is 9.02. The van der Waals surface area contributed by atoms with Crippen LogP contribution in [0, 0.1) is 5.82 Å².